The van der Waals surface area contributed by atoms with Gasteiger partial charge in [-0.05, 0) is 31.0 Å². The van der Waals surface area contributed by atoms with Gasteiger partial charge >= 0.3 is 0 Å². The van der Waals surface area contributed by atoms with Crippen LogP contribution < -0.4 is 20.1 Å². The Kier molecular flexibility index (Phi) is 7.32. The van der Waals surface area contributed by atoms with Crippen LogP contribution in [0.5, 0.6) is 11.5 Å². The van der Waals surface area contributed by atoms with Crippen LogP contribution in [0.3, 0.4) is 0 Å². The first-order valence-corrected chi connectivity index (χ1v) is 9.80. The van der Waals surface area contributed by atoms with Gasteiger partial charge in [-0.3, -0.25) is 4.99 Å². The Balaban J connectivity index is 1.49. The minimum absolute atomic E-state index is 0.446. The third-order valence-corrected chi connectivity index (χ3v) is 4.67. The molecule has 0 radical (unpaired) electrons. The van der Waals surface area contributed by atoms with Crippen LogP contribution in [-0.4, -0.2) is 38.8 Å². The van der Waals surface area contributed by atoms with Crippen molar-refractivity contribution in [3.8, 4) is 22.8 Å². The number of methoxy groups -OCH3 is 2. The van der Waals surface area contributed by atoms with Gasteiger partial charge in [-0.2, -0.15) is 0 Å². The van der Waals surface area contributed by atoms with E-state index in [1.54, 1.807) is 27.5 Å². The summed E-state index contributed by atoms with van der Waals surface area (Å²) < 4.78 is 16.5. The van der Waals surface area contributed by atoms with Gasteiger partial charge in [0.05, 0.1) is 27.0 Å². The summed E-state index contributed by atoms with van der Waals surface area (Å²) >= 11 is 0. The van der Waals surface area contributed by atoms with Gasteiger partial charge in [0.15, 0.2) is 23.2 Å². The number of aliphatic imine (C=N–C) groups is 1. The monoisotopic (exact) mass is 408 g/mol. The van der Waals surface area contributed by atoms with E-state index in [1.165, 1.54) is 5.56 Å². The van der Waals surface area contributed by atoms with E-state index in [9.17, 15) is 0 Å². The van der Waals surface area contributed by atoms with Gasteiger partial charge < -0.3 is 24.5 Å². The number of aromatic nitrogens is 1. The highest BCUT2D eigenvalue weighted by molar-refractivity contribution is 5.79. The zero-order chi connectivity index (χ0) is 21.3. The molecule has 0 amide bonds. The molecule has 2 aromatic carbocycles. The van der Waals surface area contributed by atoms with Gasteiger partial charge in [-0.15, -0.1) is 0 Å². The maximum absolute atomic E-state index is 5.84. The van der Waals surface area contributed by atoms with Gasteiger partial charge in [0.2, 0.25) is 5.89 Å². The van der Waals surface area contributed by atoms with E-state index >= 15 is 0 Å². The first kappa shape index (κ1) is 21.2. The Labute approximate surface area is 177 Å². The van der Waals surface area contributed by atoms with E-state index in [4.69, 9.17) is 13.9 Å². The topological polar surface area (TPSA) is 80.9 Å². The molecule has 0 atom stereocenters. The molecule has 2 N–H and O–H groups in total. The number of hydrogen-bond donors (Lipinski definition) is 2. The van der Waals surface area contributed by atoms with Crippen molar-refractivity contribution in [3.05, 3.63) is 65.7 Å². The molecule has 0 fully saturated rings. The Morgan fingerprint density at radius 1 is 1.03 bits per heavy atom. The number of guanidine groups is 1. The van der Waals surface area contributed by atoms with Gasteiger partial charge in [-0.1, -0.05) is 35.9 Å². The normalized spacial score (nSPS) is 11.3. The maximum atomic E-state index is 5.84. The van der Waals surface area contributed by atoms with E-state index in [0.29, 0.717) is 18.4 Å². The summed E-state index contributed by atoms with van der Waals surface area (Å²) in [4.78, 5) is 8.60. The largest absolute Gasteiger partial charge is 0.493 e. The predicted octanol–water partition coefficient (Wildman–Crippen LogP) is 3.57. The van der Waals surface area contributed by atoms with E-state index in [1.807, 2.05) is 30.3 Å². The quantitative estimate of drug-likeness (QED) is 0.438. The second-order valence-electron chi connectivity index (χ2n) is 6.78. The molecule has 0 aliphatic heterocycles. The van der Waals surface area contributed by atoms with Crippen LogP contribution >= 0.6 is 0 Å². The molecule has 1 heterocycles. The van der Waals surface area contributed by atoms with Crippen LogP contribution in [0.2, 0.25) is 0 Å². The molecule has 7 nitrogen and oxygen atoms in total. The molecule has 1 aromatic heterocycles. The Morgan fingerprint density at radius 2 is 1.80 bits per heavy atom. The van der Waals surface area contributed by atoms with Crippen LogP contribution in [0, 0.1) is 6.92 Å². The van der Waals surface area contributed by atoms with Gasteiger partial charge in [-0.25, -0.2) is 4.98 Å². The van der Waals surface area contributed by atoms with Gasteiger partial charge in [0, 0.05) is 19.2 Å². The fourth-order valence-electron chi connectivity index (χ4n) is 2.98. The van der Waals surface area contributed by atoms with E-state index in [-0.39, 0.29) is 0 Å². The SMILES string of the molecule is CN=C(NCCc1ccc(OC)c(OC)c1)NCc1ncc(-c2ccc(C)cc2)o1. The number of rotatable bonds is 8. The summed E-state index contributed by atoms with van der Waals surface area (Å²) in [6, 6.07) is 14.1. The lowest BCUT2D eigenvalue weighted by Crippen LogP contribution is -2.37. The number of benzene rings is 2. The first-order valence-electron chi connectivity index (χ1n) is 9.80. The predicted molar refractivity (Wildman–Crippen MR) is 118 cm³/mol. The Bertz CT molecular complexity index is 980. The molecule has 0 aliphatic rings. The molecule has 3 aromatic rings. The minimum Gasteiger partial charge on any atom is -0.493 e. The van der Waals surface area contributed by atoms with Gasteiger partial charge in [0.1, 0.15) is 0 Å². The average molecular weight is 409 g/mol. The summed E-state index contributed by atoms with van der Waals surface area (Å²) in [5.41, 5.74) is 3.37. The van der Waals surface area contributed by atoms with Crippen molar-refractivity contribution in [1.29, 1.82) is 0 Å². The fourth-order valence-corrected chi connectivity index (χ4v) is 2.98. The highest BCUT2D eigenvalue weighted by atomic mass is 16.5. The second kappa shape index (κ2) is 10.3. The van der Waals surface area contributed by atoms with Crippen molar-refractivity contribution >= 4 is 5.96 Å². The molecular weight excluding hydrogens is 380 g/mol. The zero-order valence-corrected chi connectivity index (χ0v) is 17.9. The average Bonchev–Trinajstić information content (AvgIpc) is 3.25. The van der Waals surface area contributed by atoms with E-state index in [0.717, 1.165) is 41.4 Å². The summed E-state index contributed by atoms with van der Waals surface area (Å²) in [5.74, 6) is 3.50. The van der Waals surface area contributed by atoms with Crippen LogP contribution in [0.25, 0.3) is 11.3 Å². The number of aryl methyl sites for hydroxylation is 1. The van der Waals surface area contributed by atoms with Crippen molar-refractivity contribution in [2.24, 2.45) is 4.99 Å². The zero-order valence-electron chi connectivity index (χ0n) is 17.9. The van der Waals surface area contributed by atoms with Crippen LogP contribution in [-0.2, 0) is 13.0 Å². The molecule has 0 bridgehead atoms. The molecule has 0 saturated heterocycles. The van der Waals surface area contributed by atoms with Crippen LogP contribution in [0.15, 0.2) is 58.1 Å². The number of nitrogens with one attached hydrogen (secondary N) is 2. The Hall–Kier alpha value is -3.48. The van der Waals surface area contributed by atoms with E-state index < -0.39 is 0 Å². The van der Waals surface area contributed by atoms with Crippen molar-refractivity contribution in [3.63, 3.8) is 0 Å². The summed E-state index contributed by atoms with van der Waals surface area (Å²) in [6.45, 7) is 3.22. The lowest BCUT2D eigenvalue weighted by atomic mass is 10.1. The molecular formula is C23H28N4O3. The standard InChI is InChI=1S/C23H28N4O3/c1-16-5-8-18(9-6-16)21-14-26-22(30-21)15-27-23(24-2)25-12-11-17-7-10-19(28-3)20(13-17)29-4/h5-10,13-14H,11-12,15H2,1-4H3,(H2,24,25,27). The first-order chi connectivity index (χ1) is 14.6. The third kappa shape index (κ3) is 5.53. The molecule has 0 unspecified atom stereocenters. The molecule has 30 heavy (non-hydrogen) atoms. The van der Waals surface area contributed by atoms with Gasteiger partial charge in [0.25, 0.3) is 0 Å². The number of ether oxygens (including phenoxy) is 2. The Morgan fingerprint density at radius 3 is 2.50 bits per heavy atom. The molecule has 7 heteroatoms. The molecule has 0 aliphatic carbocycles. The van der Waals surface area contributed by atoms with Crippen molar-refractivity contribution < 1.29 is 13.9 Å². The highest BCUT2D eigenvalue weighted by Gasteiger charge is 2.08. The lowest BCUT2D eigenvalue weighted by molar-refractivity contribution is 0.354. The third-order valence-electron chi connectivity index (χ3n) is 4.67. The summed E-state index contributed by atoms with van der Waals surface area (Å²) in [5, 5.41) is 6.52. The molecule has 158 valence electrons. The van der Waals surface area contributed by atoms with Crippen LogP contribution in [0.1, 0.15) is 17.0 Å². The minimum atomic E-state index is 0.446. The van der Waals surface area contributed by atoms with Crippen molar-refractivity contribution in [2.75, 3.05) is 27.8 Å². The number of nitrogens with zero attached hydrogens (tertiary/aromatic N) is 2. The smallest absolute Gasteiger partial charge is 0.214 e. The molecule has 0 spiro atoms. The van der Waals surface area contributed by atoms with Crippen LogP contribution in [0.4, 0.5) is 0 Å². The number of oxazole rings is 1. The second-order valence-corrected chi connectivity index (χ2v) is 6.78. The van der Waals surface area contributed by atoms with E-state index in [2.05, 4.69) is 39.7 Å². The maximum Gasteiger partial charge on any atom is 0.214 e. The molecule has 0 saturated carbocycles. The summed E-state index contributed by atoms with van der Waals surface area (Å²) in [6.07, 6.45) is 2.56. The van der Waals surface area contributed by atoms with Crippen molar-refractivity contribution in [1.82, 2.24) is 15.6 Å². The summed E-state index contributed by atoms with van der Waals surface area (Å²) in [7, 11) is 5.00. The lowest BCUT2D eigenvalue weighted by Gasteiger charge is -2.12. The fraction of sp³-hybridized carbons (Fsp3) is 0.304. The highest BCUT2D eigenvalue weighted by Crippen LogP contribution is 2.27. The van der Waals surface area contributed by atoms with Crippen molar-refractivity contribution in [2.45, 2.75) is 19.9 Å². The molecule has 3 rings (SSSR count). The number of hydrogen-bond acceptors (Lipinski definition) is 5.